The van der Waals surface area contributed by atoms with Crippen LogP contribution in [0.3, 0.4) is 0 Å². The molecule has 1 aromatic carbocycles. The van der Waals surface area contributed by atoms with Gasteiger partial charge in [-0.15, -0.1) is 0 Å². The first kappa shape index (κ1) is 11.7. The van der Waals surface area contributed by atoms with Crippen LogP contribution in [0.15, 0.2) is 48.8 Å². The Morgan fingerprint density at radius 2 is 1.95 bits per heavy atom. The van der Waals surface area contributed by atoms with Gasteiger partial charge in [0.05, 0.1) is 28.4 Å². The molecule has 0 atom stereocenters. The molecule has 0 N–H and O–H groups in total. The first-order chi connectivity index (χ1) is 10.3. The Bertz CT molecular complexity index is 1020. The van der Waals surface area contributed by atoms with Gasteiger partial charge in [-0.2, -0.15) is 10.4 Å². The molecule has 0 aliphatic rings. The van der Waals surface area contributed by atoms with Crippen LogP contribution in [0, 0.1) is 11.3 Å². The van der Waals surface area contributed by atoms with E-state index in [-0.39, 0.29) is 0 Å². The molecule has 0 spiro atoms. The monoisotopic (exact) mass is 273 g/mol. The molecule has 3 heterocycles. The maximum Gasteiger partial charge on any atom is 0.144 e. The van der Waals surface area contributed by atoms with Gasteiger partial charge in [-0.25, -0.2) is 9.50 Å². The van der Waals surface area contributed by atoms with E-state index in [1.165, 1.54) is 0 Å². The molecule has 21 heavy (non-hydrogen) atoms. The third-order valence-electron chi connectivity index (χ3n) is 3.70. The Labute approximate surface area is 120 Å². The van der Waals surface area contributed by atoms with Gasteiger partial charge in [0.1, 0.15) is 17.4 Å². The average Bonchev–Trinajstić information content (AvgIpc) is 3.09. The molecular formula is C16H11N5. The summed E-state index contributed by atoms with van der Waals surface area (Å²) in [5.41, 5.74) is 4.21. The van der Waals surface area contributed by atoms with Gasteiger partial charge in [0.25, 0.3) is 0 Å². The van der Waals surface area contributed by atoms with Crippen LogP contribution in [-0.2, 0) is 7.05 Å². The molecule has 100 valence electrons. The van der Waals surface area contributed by atoms with E-state index < -0.39 is 0 Å². The third kappa shape index (κ3) is 1.56. The second kappa shape index (κ2) is 4.18. The maximum absolute atomic E-state index is 9.22. The van der Waals surface area contributed by atoms with Gasteiger partial charge < -0.3 is 4.57 Å². The number of hydrogen-bond acceptors (Lipinski definition) is 3. The number of nitriles is 1. The van der Waals surface area contributed by atoms with Crippen molar-refractivity contribution < 1.29 is 0 Å². The summed E-state index contributed by atoms with van der Waals surface area (Å²) in [5, 5.41) is 13.6. The quantitative estimate of drug-likeness (QED) is 0.536. The van der Waals surface area contributed by atoms with Crippen LogP contribution in [-0.4, -0.2) is 19.2 Å². The predicted molar refractivity (Wildman–Crippen MR) is 79.6 cm³/mol. The van der Waals surface area contributed by atoms with Crippen LogP contribution in [0.1, 0.15) is 5.56 Å². The molecule has 0 bridgehead atoms. The number of rotatable bonds is 1. The zero-order valence-electron chi connectivity index (χ0n) is 11.4. The first-order valence-electron chi connectivity index (χ1n) is 6.58. The van der Waals surface area contributed by atoms with Crippen molar-refractivity contribution in [3.05, 3.63) is 54.4 Å². The van der Waals surface area contributed by atoms with Gasteiger partial charge >= 0.3 is 0 Å². The van der Waals surface area contributed by atoms with Crippen molar-refractivity contribution in [1.29, 1.82) is 5.26 Å². The fraction of sp³-hybridized carbons (Fsp3) is 0.0625. The van der Waals surface area contributed by atoms with E-state index in [0.29, 0.717) is 5.56 Å². The lowest BCUT2D eigenvalue weighted by Crippen LogP contribution is -1.92. The van der Waals surface area contributed by atoms with E-state index in [0.717, 1.165) is 27.9 Å². The van der Waals surface area contributed by atoms with Crippen LogP contribution < -0.4 is 0 Å². The number of pyridine rings is 1. The van der Waals surface area contributed by atoms with Crippen LogP contribution in [0.4, 0.5) is 0 Å². The summed E-state index contributed by atoms with van der Waals surface area (Å²) in [4.78, 5) is 4.66. The van der Waals surface area contributed by atoms with E-state index in [2.05, 4.69) is 16.2 Å². The SMILES string of the molecule is Cn1c(-c2cnn3ccccc23)nc2c(C#N)cccc21. The summed E-state index contributed by atoms with van der Waals surface area (Å²) in [6.45, 7) is 0. The molecule has 0 saturated carbocycles. The van der Waals surface area contributed by atoms with Crippen molar-refractivity contribution in [2.75, 3.05) is 0 Å². The van der Waals surface area contributed by atoms with E-state index in [1.807, 2.05) is 58.9 Å². The molecule has 4 rings (SSSR count). The lowest BCUT2D eigenvalue weighted by atomic mass is 10.2. The molecule has 0 radical (unpaired) electrons. The Kier molecular flexibility index (Phi) is 2.33. The largest absolute Gasteiger partial charge is 0.327 e. The zero-order chi connectivity index (χ0) is 14.4. The lowest BCUT2D eigenvalue weighted by molar-refractivity contribution is 0.960. The van der Waals surface area contributed by atoms with Crippen molar-refractivity contribution in [1.82, 2.24) is 19.2 Å². The number of para-hydroxylation sites is 1. The van der Waals surface area contributed by atoms with Gasteiger partial charge in [-0.1, -0.05) is 12.1 Å². The fourth-order valence-corrected chi connectivity index (χ4v) is 2.65. The predicted octanol–water partition coefficient (Wildman–Crippen LogP) is 2.76. The molecule has 5 nitrogen and oxygen atoms in total. The topological polar surface area (TPSA) is 58.9 Å². The van der Waals surface area contributed by atoms with Crippen LogP contribution in [0.25, 0.3) is 27.9 Å². The molecule has 0 aliphatic carbocycles. The Morgan fingerprint density at radius 1 is 1.10 bits per heavy atom. The van der Waals surface area contributed by atoms with Crippen molar-refractivity contribution in [3.63, 3.8) is 0 Å². The van der Waals surface area contributed by atoms with E-state index in [1.54, 1.807) is 6.07 Å². The van der Waals surface area contributed by atoms with E-state index in [9.17, 15) is 5.26 Å². The third-order valence-corrected chi connectivity index (χ3v) is 3.70. The zero-order valence-corrected chi connectivity index (χ0v) is 11.4. The average molecular weight is 273 g/mol. The molecular weight excluding hydrogens is 262 g/mol. The van der Waals surface area contributed by atoms with Gasteiger partial charge in [-0.3, -0.25) is 0 Å². The molecule has 0 saturated heterocycles. The Morgan fingerprint density at radius 3 is 2.81 bits per heavy atom. The van der Waals surface area contributed by atoms with Crippen molar-refractivity contribution in [3.8, 4) is 17.5 Å². The van der Waals surface area contributed by atoms with Crippen molar-refractivity contribution in [2.45, 2.75) is 0 Å². The normalized spacial score (nSPS) is 11.0. The maximum atomic E-state index is 9.22. The molecule has 0 fully saturated rings. The van der Waals surface area contributed by atoms with Gasteiger partial charge in [0.15, 0.2) is 0 Å². The van der Waals surface area contributed by atoms with Crippen molar-refractivity contribution in [2.24, 2.45) is 7.05 Å². The highest BCUT2D eigenvalue weighted by Crippen LogP contribution is 2.28. The minimum absolute atomic E-state index is 0.589. The fourth-order valence-electron chi connectivity index (χ4n) is 2.65. The minimum Gasteiger partial charge on any atom is -0.327 e. The molecule has 0 aliphatic heterocycles. The molecule has 3 aromatic heterocycles. The molecule has 5 heteroatoms. The first-order valence-corrected chi connectivity index (χ1v) is 6.58. The molecule has 0 amide bonds. The number of fused-ring (bicyclic) bond motifs is 2. The van der Waals surface area contributed by atoms with Gasteiger partial charge in [0.2, 0.25) is 0 Å². The van der Waals surface area contributed by atoms with Crippen LogP contribution in [0.5, 0.6) is 0 Å². The highest BCUT2D eigenvalue weighted by atomic mass is 15.2. The second-order valence-electron chi connectivity index (χ2n) is 4.87. The minimum atomic E-state index is 0.589. The number of aryl methyl sites for hydroxylation is 1. The standard InChI is InChI=1S/C16H11N5/c1-20-14-7-4-5-11(9-17)15(14)19-16(20)12-10-18-21-8-3-2-6-13(12)21/h2-8,10H,1H3. The lowest BCUT2D eigenvalue weighted by Gasteiger charge is -2.00. The van der Waals surface area contributed by atoms with E-state index >= 15 is 0 Å². The summed E-state index contributed by atoms with van der Waals surface area (Å²) in [7, 11) is 1.96. The number of hydrogen-bond donors (Lipinski definition) is 0. The second-order valence-corrected chi connectivity index (χ2v) is 4.87. The Balaban J connectivity index is 2.08. The summed E-state index contributed by atoms with van der Waals surface area (Å²) >= 11 is 0. The number of nitrogens with zero attached hydrogens (tertiary/aromatic N) is 5. The highest BCUT2D eigenvalue weighted by Gasteiger charge is 2.15. The van der Waals surface area contributed by atoms with Crippen LogP contribution >= 0.6 is 0 Å². The van der Waals surface area contributed by atoms with Gasteiger partial charge in [0, 0.05) is 13.2 Å². The summed E-state index contributed by atoms with van der Waals surface area (Å²) in [5.74, 6) is 0.814. The molecule has 0 unspecified atom stereocenters. The Hall–Kier alpha value is -3.13. The van der Waals surface area contributed by atoms with Crippen LogP contribution in [0.2, 0.25) is 0 Å². The number of aromatic nitrogens is 4. The summed E-state index contributed by atoms with van der Waals surface area (Å²) in [6.07, 6.45) is 3.71. The van der Waals surface area contributed by atoms with E-state index in [4.69, 9.17) is 0 Å². The summed E-state index contributed by atoms with van der Waals surface area (Å²) < 4.78 is 3.82. The van der Waals surface area contributed by atoms with Gasteiger partial charge in [-0.05, 0) is 24.3 Å². The summed E-state index contributed by atoms with van der Waals surface area (Å²) in [6, 6.07) is 13.8. The number of imidazole rings is 1. The highest BCUT2D eigenvalue weighted by molar-refractivity contribution is 5.88. The van der Waals surface area contributed by atoms with Crippen molar-refractivity contribution >= 4 is 16.6 Å². The number of benzene rings is 1. The molecule has 4 aromatic rings. The smallest absolute Gasteiger partial charge is 0.144 e.